The molecule has 0 heterocycles. The smallest absolute Gasteiger partial charge is 0.324 e. The van der Waals surface area contributed by atoms with Crippen molar-refractivity contribution in [1.82, 2.24) is 5.32 Å². The van der Waals surface area contributed by atoms with E-state index in [4.69, 9.17) is 11.2 Å². The van der Waals surface area contributed by atoms with Crippen LogP contribution in [0.4, 0.5) is 0 Å². The van der Waals surface area contributed by atoms with Crippen LogP contribution in [0.1, 0.15) is 31.7 Å². The van der Waals surface area contributed by atoms with E-state index in [0.717, 1.165) is 18.4 Å². The highest BCUT2D eigenvalue weighted by molar-refractivity contribution is 5.76. The first kappa shape index (κ1) is 15.3. The van der Waals surface area contributed by atoms with E-state index in [1.54, 1.807) is 0 Å². The highest BCUT2D eigenvalue weighted by atomic mass is 16.5. The maximum atomic E-state index is 11.8. The summed E-state index contributed by atoms with van der Waals surface area (Å²) in [5.41, 5.74) is 1.12. The Balaban J connectivity index is 2.44. The van der Waals surface area contributed by atoms with E-state index in [9.17, 15) is 4.79 Å². The molecule has 3 nitrogen and oxygen atoms in total. The van der Waals surface area contributed by atoms with E-state index in [-0.39, 0.29) is 5.97 Å². The molecule has 0 spiro atoms. The van der Waals surface area contributed by atoms with Gasteiger partial charge in [0, 0.05) is 13.0 Å². The lowest BCUT2D eigenvalue weighted by Gasteiger charge is -2.15. The molecule has 0 aromatic heterocycles. The number of benzene rings is 1. The first-order valence-electron chi connectivity index (χ1n) is 6.65. The Kier molecular flexibility index (Phi) is 7.38. The van der Waals surface area contributed by atoms with E-state index >= 15 is 0 Å². The minimum Gasteiger partial charge on any atom is -0.465 e. The van der Waals surface area contributed by atoms with Gasteiger partial charge in [0.25, 0.3) is 0 Å². The summed E-state index contributed by atoms with van der Waals surface area (Å²) in [4.78, 5) is 11.8. The molecule has 0 saturated carbocycles. The Morgan fingerprint density at radius 1 is 1.42 bits per heavy atom. The summed E-state index contributed by atoms with van der Waals surface area (Å²) in [6.45, 7) is 3.12. The van der Waals surface area contributed by atoms with Crippen LogP contribution in [-0.4, -0.2) is 18.6 Å². The van der Waals surface area contributed by atoms with Gasteiger partial charge in [-0.1, -0.05) is 43.7 Å². The van der Waals surface area contributed by atoms with Crippen molar-refractivity contribution in [2.75, 3.05) is 6.61 Å². The van der Waals surface area contributed by atoms with Gasteiger partial charge in [0.1, 0.15) is 6.04 Å². The summed E-state index contributed by atoms with van der Waals surface area (Å²) in [6, 6.07) is 9.47. The van der Waals surface area contributed by atoms with Crippen LogP contribution in [-0.2, 0) is 16.1 Å². The molecule has 0 saturated heterocycles. The summed E-state index contributed by atoms with van der Waals surface area (Å²) in [7, 11) is 0. The van der Waals surface area contributed by atoms with Gasteiger partial charge >= 0.3 is 5.97 Å². The Hall–Kier alpha value is -1.79. The van der Waals surface area contributed by atoms with Crippen LogP contribution in [0, 0.1) is 12.3 Å². The number of terminal acetylenes is 1. The topological polar surface area (TPSA) is 38.3 Å². The molecule has 1 aromatic carbocycles. The molecule has 19 heavy (non-hydrogen) atoms. The normalized spacial score (nSPS) is 11.6. The minimum absolute atomic E-state index is 0.262. The summed E-state index contributed by atoms with van der Waals surface area (Å²) in [6.07, 6.45) is 7.52. The SMILES string of the molecule is C#CCC(NCc1ccccc1)C(=O)OCCCC. The molecule has 1 atom stereocenters. The van der Waals surface area contributed by atoms with Crippen molar-refractivity contribution in [3.05, 3.63) is 35.9 Å². The lowest BCUT2D eigenvalue weighted by atomic mass is 10.2. The summed E-state index contributed by atoms with van der Waals surface area (Å²) < 4.78 is 5.19. The number of carbonyl (C=O) groups is 1. The predicted molar refractivity (Wildman–Crippen MR) is 76.4 cm³/mol. The van der Waals surface area contributed by atoms with Crippen LogP contribution >= 0.6 is 0 Å². The fraction of sp³-hybridized carbons (Fsp3) is 0.438. The van der Waals surface area contributed by atoms with Crippen LogP contribution < -0.4 is 5.32 Å². The van der Waals surface area contributed by atoms with Gasteiger partial charge in [-0.2, -0.15) is 0 Å². The molecule has 0 fully saturated rings. The lowest BCUT2D eigenvalue weighted by molar-refractivity contribution is -0.146. The van der Waals surface area contributed by atoms with E-state index in [1.807, 2.05) is 30.3 Å². The second-order valence-electron chi connectivity index (χ2n) is 4.35. The first-order valence-corrected chi connectivity index (χ1v) is 6.65. The number of hydrogen-bond donors (Lipinski definition) is 1. The molecule has 1 aromatic rings. The van der Waals surface area contributed by atoms with E-state index < -0.39 is 6.04 Å². The van der Waals surface area contributed by atoms with Crippen molar-refractivity contribution < 1.29 is 9.53 Å². The molecule has 0 bridgehead atoms. The minimum atomic E-state index is -0.429. The quantitative estimate of drug-likeness (QED) is 0.443. The van der Waals surface area contributed by atoms with Crippen LogP contribution in [0.25, 0.3) is 0 Å². The Labute approximate surface area is 115 Å². The molecule has 1 unspecified atom stereocenters. The van der Waals surface area contributed by atoms with Gasteiger partial charge in [-0.3, -0.25) is 10.1 Å². The Morgan fingerprint density at radius 3 is 2.79 bits per heavy atom. The fourth-order valence-electron chi connectivity index (χ4n) is 1.61. The zero-order valence-corrected chi connectivity index (χ0v) is 11.4. The summed E-state index contributed by atoms with van der Waals surface area (Å²) in [5, 5.41) is 3.15. The monoisotopic (exact) mass is 259 g/mol. The highest BCUT2D eigenvalue weighted by Gasteiger charge is 2.18. The summed E-state index contributed by atoms with van der Waals surface area (Å²) >= 11 is 0. The molecule has 0 amide bonds. The van der Waals surface area contributed by atoms with Crippen molar-refractivity contribution >= 4 is 5.97 Å². The van der Waals surface area contributed by atoms with Gasteiger partial charge in [0.2, 0.25) is 0 Å². The third-order valence-electron chi connectivity index (χ3n) is 2.74. The molecule has 1 N–H and O–H groups in total. The molecular formula is C16H21NO2. The second kappa shape index (κ2) is 9.18. The van der Waals surface area contributed by atoms with Gasteiger partial charge in [0.15, 0.2) is 0 Å². The molecule has 102 valence electrons. The van der Waals surface area contributed by atoms with Crippen LogP contribution in [0.5, 0.6) is 0 Å². The van der Waals surface area contributed by atoms with Crippen LogP contribution in [0.2, 0.25) is 0 Å². The Bertz CT molecular complexity index is 409. The highest BCUT2D eigenvalue weighted by Crippen LogP contribution is 2.02. The van der Waals surface area contributed by atoms with Crippen molar-refractivity contribution in [3.8, 4) is 12.3 Å². The molecule has 0 aliphatic rings. The van der Waals surface area contributed by atoms with Crippen molar-refractivity contribution in [3.63, 3.8) is 0 Å². The molecule has 1 rings (SSSR count). The third-order valence-corrected chi connectivity index (χ3v) is 2.74. The maximum absolute atomic E-state index is 11.8. The average molecular weight is 259 g/mol. The number of carbonyl (C=O) groups excluding carboxylic acids is 1. The molecule has 0 radical (unpaired) electrons. The van der Waals surface area contributed by atoms with E-state index in [2.05, 4.69) is 18.2 Å². The largest absolute Gasteiger partial charge is 0.465 e. The van der Waals surface area contributed by atoms with Gasteiger partial charge in [-0.25, -0.2) is 0 Å². The van der Waals surface area contributed by atoms with Gasteiger partial charge in [-0.15, -0.1) is 12.3 Å². The van der Waals surface area contributed by atoms with Crippen molar-refractivity contribution in [1.29, 1.82) is 0 Å². The predicted octanol–water partition coefficient (Wildman–Crippen LogP) is 2.51. The maximum Gasteiger partial charge on any atom is 0.324 e. The third kappa shape index (κ3) is 6.08. The van der Waals surface area contributed by atoms with E-state index in [1.165, 1.54) is 0 Å². The van der Waals surface area contributed by atoms with Gasteiger partial charge < -0.3 is 4.74 Å². The molecule has 0 aliphatic carbocycles. The lowest BCUT2D eigenvalue weighted by Crippen LogP contribution is -2.37. The number of ether oxygens (including phenoxy) is 1. The Morgan fingerprint density at radius 2 is 2.16 bits per heavy atom. The fourth-order valence-corrected chi connectivity index (χ4v) is 1.61. The number of unbranched alkanes of at least 4 members (excludes halogenated alkanes) is 1. The standard InChI is InChI=1S/C16H21NO2/c1-3-5-12-19-16(18)15(9-4-2)17-13-14-10-7-6-8-11-14/h2,6-8,10-11,15,17H,3,5,9,12-13H2,1H3. The zero-order chi connectivity index (χ0) is 13.9. The number of rotatable bonds is 8. The van der Waals surface area contributed by atoms with Crippen LogP contribution in [0.3, 0.4) is 0 Å². The van der Waals surface area contributed by atoms with Crippen molar-refractivity contribution in [2.24, 2.45) is 0 Å². The summed E-state index contributed by atoms with van der Waals surface area (Å²) in [5.74, 6) is 2.25. The molecular weight excluding hydrogens is 238 g/mol. The van der Waals surface area contributed by atoms with Crippen molar-refractivity contribution in [2.45, 2.75) is 38.8 Å². The number of hydrogen-bond acceptors (Lipinski definition) is 3. The van der Waals surface area contributed by atoms with Gasteiger partial charge in [-0.05, 0) is 12.0 Å². The number of nitrogens with one attached hydrogen (secondary N) is 1. The molecule has 0 aliphatic heterocycles. The van der Waals surface area contributed by atoms with E-state index in [0.29, 0.717) is 19.6 Å². The van der Waals surface area contributed by atoms with Gasteiger partial charge in [0.05, 0.1) is 6.61 Å². The average Bonchev–Trinajstić information content (AvgIpc) is 2.44. The van der Waals surface area contributed by atoms with Crippen LogP contribution in [0.15, 0.2) is 30.3 Å². The zero-order valence-electron chi connectivity index (χ0n) is 11.4. The second-order valence-corrected chi connectivity index (χ2v) is 4.35. The molecule has 3 heteroatoms. The number of esters is 1. The first-order chi connectivity index (χ1) is 9.27.